The SMILES string of the molecule is CN1CCCCCCN(C)CCC1. The van der Waals surface area contributed by atoms with Crippen LogP contribution >= 0.6 is 0 Å². The molecular formula is C11H24N2. The van der Waals surface area contributed by atoms with Crippen molar-refractivity contribution in [3.63, 3.8) is 0 Å². The van der Waals surface area contributed by atoms with Crippen LogP contribution in [0.5, 0.6) is 0 Å². The second-order valence-corrected chi connectivity index (χ2v) is 4.37. The Bertz CT molecular complexity index is 111. The number of rotatable bonds is 0. The molecule has 1 rings (SSSR count). The molecule has 1 aliphatic heterocycles. The van der Waals surface area contributed by atoms with E-state index in [1.165, 1.54) is 58.3 Å². The van der Waals surface area contributed by atoms with Crippen molar-refractivity contribution in [3.8, 4) is 0 Å². The molecule has 0 unspecified atom stereocenters. The average molecular weight is 184 g/mol. The van der Waals surface area contributed by atoms with Crippen molar-refractivity contribution in [1.29, 1.82) is 0 Å². The van der Waals surface area contributed by atoms with Gasteiger partial charge in [0.2, 0.25) is 0 Å². The Kier molecular flexibility index (Phi) is 5.40. The molecule has 0 atom stereocenters. The lowest BCUT2D eigenvalue weighted by molar-refractivity contribution is 0.284. The van der Waals surface area contributed by atoms with Crippen LogP contribution < -0.4 is 0 Å². The van der Waals surface area contributed by atoms with E-state index in [0.717, 1.165) is 0 Å². The lowest BCUT2D eigenvalue weighted by Gasteiger charge is -2.18. The molecule has 78 valence electrons. The van der Waals surface area contributed by atoms with Gasteiger partial charge in [0.25, 0.3) is 0 Å². The van der Waals surface area contributed by atoms with Gasteiger partial charge in [-0.1, -0.05) is 12.8 Å². The standard InChI is InChI=1S/C11H24N2/c1-12-8-5-3-4-6-9-13(2)11-7-10-12/h3-11H2,1-2H3. The van der Waals surface area contributed by atoms with Gasteiger partial charge >= 0.3 is 0 Å². The Hall–Kier alpha value is -0.0800. The summed E-state index contributed by atoms with van der Waals surface area (Å²) >= 11 is 0. The molecule has 0 saturated carbocycles. The Morgan fingerprint density at radius 2 is 0.923 bits per heavy atom. The van der Waals surface area contributed by atoms with Crippen LogP contribution in [-0.2, 0) is 0 Å². The summed E-state index contributed by atoms with van der Waals surface area (Å²) < 4.78 is 0. The third-order valence-corrected chi connectivity index (χ3v) is 2.91. The molecule has 1 heterocycles. The summed E-state index contributed by atoms with van der Waals surface area (Å²) in [5.74, 6) is 0. The van der Waals surface area contributed by atoms with Crippen molar-refractivity contribution in [2.75, 3.05) is 40.3 Å². The van der Waals surface area contributed by atoms with Crippen LogP contribution in [0.2, 0.25) is 0 Å². The lowest BCUT2D eigenvalue weighted by atomic mass is 10.2. The summed E-state index contributed by atoms with van der Waals surface area (Å²) in [5, 5.41) is 0. The lowest BCUT2D eigenvalue weighted by Crippen LogP contribution is -2.26. The Balaban J connectivity index is 2.23. The summed E-state index contributed by atoms with van der Waals surface area (Å²) in [6.07, 6.45) is 6.93. The fourth-order valence-corrected chi connectivity index (χ4v) is 1.95. The van der Waals surface area contributed by atoms with Gasteiger partial charge in [-0.25, -0.2) is 0 Å². The topological polar surface area (TPSA) is 6.48 Å². The molecule has 0 bridgehead atoms. The highest BCUT2D eigenvalue weighted by Crippen LogP contribution is 2.04. The highest BCUT2D eigenvalue weighted by Gasteiger charge is 2.03. The van der Waals surface area contributed by atoms with Crippen LogP contribution in [0.1, 0.15) is 32.1 Å². The van der Waals surface area contributed by atoms with E-state index in [1.807, 2.05) is 0 Å². The summed E-state index contributed by atoms with van der Waals surface area (Å²) in [6, 6.07) is 0. The maximum absolute atomic E-state index is 2.47. The van der Waals surface area contributed by atoms with Crippen LogP contribution in [0, 0.1) is 0 Å². The van der Waals surface area contributed by atoms with E-state index in [1.54, 1.807) is 0 Å². The first-order valence-corrected chi connectivity index (χ1v) is 5.66. The van der Waals surface area contributed by atoms with Crippen molar-refractivity contribution < 1.29 is 0 Å². The molecule has 1 saturated heterocycles. The average Bonchev–Trinajstić information content (AvgIpc) is 2.13. The van der Waals surface area contributed by atoms with Crippen molar-refractivity contribution in [1.82, 2.24) is 9.80 Å². The zero-order valence-corrected chi connectivity index (χ0v) is 9.26. The summed E-state index contributed by atoms with van der Waals surface area (Å²) in [7, 11) is 4.50. The maximum Gasteiger partial charge on any atom is -0.000960 e. The molecule has 2 heteroatoms. The number of hydrogen-bond acceptors (Lipinski definition) is 2. The Morgan fingerprint density at radius 3 is 1.38 bits per heavy atom. The molecule has 0 aromatic carbocycles. The van der Waals surface area contributed by atoms with Crippen LogP contribution in [0.25, 0.3) is 0 Å². The molecule has 0 aliphatic carbocycles. The van der Waals surface area contributed by atoms with Gasteiger partial charge in [0.05, 0.1) is 0 Å². The van der Waals surface area contributed by atoms with E-state index >= 15 is 0 Å². The highest BCUT2D eigenvalue weighted by atomic mass is 15.1. The smallest absolute Gasteiger partial charge is 0.000960 e. The van der Waals surface area contributed by atoms with Gasteiger partial charge in [-0.15, -0.1) is 0 Å². The molecule has 13 heavy (non-hydrogen) atoms. The van der Waals surface area contributed by atoms with Crippen molar-refractivity contribution in [2.45, 2.75) is 32.1 Å². The van der Waals surface area contributed by atoms with Crippen molar-refractivity contribution in [3.05, 3.63) is 0 Å². The summed E-state index contributed by atoms with van der Waals surface area (Å²) in [4.78, 5) is 4.94. The van der Waals surface area contributed by atoms with Gasteiger partial charge in [-0.2, -0.15) is 0 Å². The summed E-state index contributed by atoms with van der Waals surface area (Å²) in [6.45, 7) is 5.13. The van der Waals surface area contributed by atoms with Crippen LogP contribution in [-0.4, -0.2) is 50.1 Å². The molecule has 1 fully saturated rings. The van der Waals surface area contributed by atoms with Crippen molar-refractivity contribution in [2.24, 2.45) is 0 Å². The maximum atomic E-state index is 2.47. The minimum Gasteiger partial charge on any atom is -0.306 e. The van der Waals surface area contributed by atoms with E-state index in [0.29, 0.717) is 0 Å². The fraction of sp³-hybridized carbons (Fsp3) is 1.00. The molecule has 0 radical (unpaired) electrons. The molecular weight excluding hydrogens is 160 g/mol. The first kappa shape index (κ1) is 11.0. The minimum atomic E-state index is 1.27. The molecule has 1 aliphatic rings. The van der Waals surface area contributed by atoms with E-state index in [-0.39, 0.29) is 0 Å². The normalized spacial score (nSPS) is 25.4. The molecule has 0 N–H and O–H groups in total. The number of hydrogen-bond donors (Lipinski definition) is 0. The third-order valence-electron chi connectivity index (χ3n) is 2.91. The first-order chi connectivity index (χ1) is 6.29. The largest absolute Gasteiger partial charge is 0.306 e. The van der Waals surface area contributed by atoms with E-state index in [4.69, 9.17) is 0 Å². The molecule has 0 aromatic rings. The van der Waals surface area contributed by atoms with E-state index < -0.39 is 0 Å². The van der Waals surface area contributed by atoms with Crippen LogP contribution in [0.15, 0.2) is 0 Å². The molecule has 2 nitrogen and oxygen atoms in total. The summed E-state index contributed by atoms with van der Waals surface area (Å²) in [5.41, 5.74) is 0. The second-order valence-electron chi connectivity index (χ2n) is 4.37. The predicted octanol–water partition coefficient (Wildman–Crippen LogP) is 1.81. The van der Waals surface area contributed by atoms with Gasteiger partial charge in [-0.05, 0) is 59.5 Å². The minimum absolute atomic E-state index is 1.27. The molecule has 0 aromatic heterocycles. The van der Waals surface area contributed by atoms with Crippen LogP contribution in [0.4, 0.5) is 0 Å². The van der Waals surface area contributed by atoms with Gasteiger partial charge in [-0.3, -0.25) is 0 Å². The van der Waals surface area contributed by atoms with Crippen LogP contribution in [0.3, 0.4) is 0 Å². The Labute approximate surface area is 82.9 Å². The molecule has 0 spiro atoms. The highest BCUT2D eigenvalue weighted by molar-refractivity contribution is 4.59. The van der Waals surface area contributed by atoms with Gasteiger partial charge in [0.1, 0.15) is 0 Å². The zero-order chi connectivity index (χ0) is 9.52. The van der Waals surface area contributed by atoms with E-state index in [9.17, 15) is 0 Å². The molecule has 0 amide bonds. The quantitative estimate of drug-likeness (QED) is 0.566. The predicted molar refractivity (Wildman–Crippen MR) is 58.1 cm³/mol. The van der Waals surface area contributed by atoms with E-state index in [2.05, 4.69) is 23.9 Å². The zero-order valence-electron chi connectivity index (χ0n) is 9.26. The Morgan fingerprint density at radius 1 is 0.538 bits per heavy atom. The van der Waals surface area contributed by atoms with Gasteiger partial charge in [0, 0.05) is 0 Å². The third kappa shape index (κ3) is 5.27. The van der Waals surface area contributed by atoms with Gasteiger partial charge in [0.15, 0.2) is 0 Å². The fourth-order valence-electron chi connectivity index (χ4n) is 1.95. The van der Waals surface area contributed by atoms with Gasteiger partial charge < -0.3 is 9.80 Å². The second kappa shape index (κ2) is 6.39. The monoisotopic (exact) mass is 184 g/mol. The van der Waals surface area contributed by atoms with Crippen molar-refractivity contribution >= 4 is 0 Å². The first-order valence-electron chi connectivity index (χ1n) is 5.66. The number of nitrogens with zero attached hydrogens (tertiary/aromatic N) is 2.